The number of aromatic nitrogens is 1. The Balaban J connectivity index is 1.97. The first-order valence-electron chi connectivity index (χ1n) is 5.65. The molecule has 0 aliphatic rings. The Morgan fingerprint density at radius 2 is 1.82 bits per heavy atom. The van der Waals surface area contributed by atoms with Crippen molar-refractivity contribution in [3.05, 3.63) is 46.0 Å². The smallest absolute Gasteiger partial charge is 0.183 e. The Morgan fingerprint density at radius 1 is 1.18 bits per heavy atom. The molecule has 0 aliphatic heterocycles. The van der Waals surface area contributed by atoms with Gasteiger partial charge in [0.25, 0.3) is 0 Å². The van der Waals surface area contributed by atoms with Crippen molar-refractivity contribution >= 4 is 16.5 Å². The van der Waals surface area contributed by atoms with Crippen LogP contribution in [0.3, 0.4) is 0 Å². The molecule has 0 radical (unpaired) electrons. The number of thiazole rings is 1. The number of nitrogens with zero attached hydrogens (tertiary/aromatic N) is 1. The van der Waals surface area contributed by atoms with Crippen molar-refractivity contribution in [1.82, 2.24) is 4.98 Å². The van der Waals surface area contributed by atoms with Crippen molar-refractivity contribution in [2.24, 2.45) is 5.73 Å². The van der Waals surface area contributed by atoms with Gasteiger partial charge in [0, 0.05) is 18.0 Å². The first-order chi connectivity index (χ1) is 8.19. The molecule has 4 heteroatoms. The van der Waals surface area contributed by atoms with Crippen LogP contribution in [0, 0.1) is 13.8 Å². The Labute approximate surface area is 106 Å². The molecule has 0 aliphatic carbocycles. The fraction of sp³-hybridized carbons (Fsp3) is 0.308. The summed E-state index contributed by atoms with van der Waals surface area (Å²) < 4.78 is 0. The number of hydrogen-bond acceptors (Lipinski definition) is 4. The first-order valence-corrected chi connectivity index (χ1v) is 6.46. The third kappa shape index (κ3) is 3.05. The zero-order valence-corrected chi connectivity index (χ0v) is 11.0. The van der Waals surface area contributed by atoms with Crippen LogP contribution in [0.2, 0.25) is 0 Å². The average molecular weight is 247 g/mol. The fourth-order valence-electron chi connectivity index (χ4n) is 1.52. The normalized spacial score (nSPS) is 10.5. The number of benzene rings is 1. The average Bonchev–Trinajstić information content (AvgIpc) is 2.67. The summed E-state index contributed by atoms with van der Waals surface area (Å²) in [6.07, 6.45) is 0. The summed E-state index contributed by atoms with van der Waals surface area (Å²) in [5.41, 5.74) is 9.07. The quantitative estimate of drug-likeness (QED) is 0.873. The summed E-state index contributed by atoms with van der Waals surface area (Å²) in [6, 6.07) is 8.33. The van der Waals surface area contributed by atoms with Crippen LogP contribution in [-0.4, -0.2) is 4.98 Å². The van der Waals surface area contributed by atoms with Gasteiger partial charge in [-0.25, -0.2) is 4.98 Å². The van der Waals surface area contributed by atoms with E-state index in [1.807, 2.05) is 6.92 Å². The third-order valence-electron chi connectivity index (χ3n) is 2.73. The fourth-order valence-corrected chi connectivity index (χ4v) is 2.33. The SMILES string of the molecule is Cc1nc(NCc2ccc(CN)cc2)sc1C. The highest BCUT2D eigenvalue weighted by molar-refractivity contribution is 7.15. The predicted molar refractivity (Wildman–Crippen MR) is 73.2 cm³/mol. The summed E-state index contributed by atoms with van der Waals surface area (Å²) in [6.45, 7) is 5.52. The molecule has 0 spiro atoms. The predicted octanol–water partition coefficient (Wildman–Crippen LogP) is 2.83. The zero-order valence-electron chi connectivity index (χ0n) is 10.2. The maximum Gasteiger partial charge on any atom is 0.183 e. The van der Waals surface area contributed by atoms with Crippen molar-refractivity contribution in [3.63, 3.8) is 0 Å². The molecule has 3 nitrogen and oxygen atoms in total. The molecule has 17 heavy (non-hydrogen) atoms. The van der Waals surface area contributed by atoms with Crippen LogP contribution in [0.25, 0.3) is 0 Å². The second-order valence-electron chi connectivity index (χ2n) is 4.03. The topological polar surface area (TPSA) is 50.9 Å². The highest BCUT2D eigenvalue weighted by Gasteiger charge is 2.02. The van der Waals surface area contributed by atoms with Gasteiger partial charge in [0.2, 0.25) is 0 Å². The minimum Gasteiger partial charge on any atom is -0.357 e. The van der Waals surface area contributed by atoms with Gasteiger partial charge in [-0.3, -0.25) is 0 Å². The Morgan fingerprint density at radius 3 is 2.35 bits per heavy atom. The molecule has 1 aromatic carbocycles. The van der Waals surface area contributed by atoms with Crippen LogP contribution in [0.15, 0.2) is 24.3 Å². The summed E-state index contributed by atoms with van der Waals surface area (Å²) in [5, 5.41) is 4.33. The highest BCUT2D eigenvalue weighted by Crippen LogP contribution is 2.21. The number of rotatable bonds is 4. The van der Waals surface area contributed by atoms with Gasteiger partial charge in [-0.05, 0) is 25.0 Å². The Hall–Kier alpha value is -1.39. The number of nitrogens with two attached hydrogens (primary N) is 1. The van der Waals surface area contributed by atoms with Crippen LogP contribution < -0.4 is 11.1 Å². The van der Waals surface area contributed by atoms with Crippen LogP contribution in [0.1, 0.15) is 21.7 Å². The molecule has 1 heterocycles. The molecule has 0 unspecified atom stereocenters. The van der Waals surface area contributed by atoms with E-state index in [1.54, 1.807) is 11.3 Å². The van der Waals surface area contributed by atoms with Gasteiger partial charge in [0.05, 0.1) is 5.69 Å². The lowest BCUT2D eigenvalue weighted by Crippen LogP contribution is -2.00. The summed E-state index contributed by atoms with van der Waals surface area (Å²) in [4.78, 5) is 5.72. The van der Waals surface area contributed by atoms with E-state index in [4.69, 9.17) is 5.73 Å². The van der Waals surface area contributed by atoms with E-state index in [-0.39, 0.29) is 0 Å². The number of aryl methyl sites for hydroxylation is 2. The lowest BCUT2D eigenvalue weighted by atomic mass is 10.1. The second-order valence-corrected chi connectivity index (χ2v) is 5.24. The van der Waals surface area contributed by atoms with Crippen LogP contribution in [-0.2, 0) is 13.1 Å². The van der Waals surface area contributed by atoms with Gasteiger partial charge >= 0.3 is 0 Å². The molecule has 0 bridgehead atoms. The van der Waals surface area contributed by atoms with Crippen molar-refractivity contribution < 1.29 is 0 Å². The first kappa shape index (κ1) is 12.1. The molecule has 90 valence electrons. The maximum absolute atomic E-state index is 5.56. The van der Waals surface area contributed by atoms with Crippen molar-refractivity contribution in [3.8, 4) is 0 Å². The standard InChI is InChI=1S/C13H17N3S/c1-9-10(2)17-13(16-9)15-8-12-5-3-11(7-14)4-6-12/h3-6H,7-8,14H2,1-2H3,(H,15,16). The lowest BCUT2D eigenvalue weighted by Gasteiger charge is -2.03. The Kier molecular flexibility index (Phi) is 3.76. The summed E-state index contributed by atoms with van der Waals surface area (Å²) in [7, 11) is 0. The van der Waals surface area contributed by atoms with E-state index in [1.165, 1.54) is 10.4 Å². The molecule has 0 saturated carbocycles. The monoisotopic (exact) mass is 247 g/mol. The van der Waals surface area contributed by atoms with E-state index in [9.17, 15) is 0 Å². The van der Waals surface area contributed by atoms with Crippen LogP contribution >= 0.6 is 11.3 Å². The molecular weight excluding hydrogens is 230 g/mol. The molecule has 0 saturated heterocycles. The molecule has 2 aromatic rings. The van der Waals surface area contributed by atoms with Crippen molar-refractivity contribution in [2.75, 3.05) is 5.32 Å². The minimum absolute atomic E-state index is 0.596. The minimum atomic E-state index is 0.596. The number of nitrogens with one attached hydrogen (secondary N) is 1. The summed E-state index contributed by atoms with van der Waals surface area (Å²) in [5.74, 6) is 0. The molecular formula is C13H17N3S. The molecule has 3 N–H and O–H groups in total. The maximum atomic E-state index is 5.56. The van der Waals surface area contributed by atoms with Gasteiger partial charge in [0.1, 0.15) is 0 Å². The van der Waals surface area contributed by atoms with Crippen molar-refractivity contribution in [1.29, 1.82) is 0 Å². The molecule has 0 fully saturated rings. The Bertz CT molecular complexity index is 468. The lowest BCUT2D eigenvalue weighted by molar-refractivity contribution is 1.06. The van der Waals surface area contributed by atoms with E-state index < -0.39 is 0 Å². The largest absolute Gasteiger partial charge is 0.357 e. The van der Waals surface area contributed by atoms with Crippen LogP contribution in [0.5, 0.6) is 0 Å². The van der Waals surface area contributed by atoms with Crippen LogP contribution in [0.4, 0.5) is 5.13 Å². The van der Waals surface area contributed by atoms with E-state index >= 15 is 0 Å². The number of hydrogen-bond donors (Lipinski definition) is 2. The third-order valence-corrected chi connectivity index (χ3v) is 3.76. The van der Waals surface area contributed by atoms with Gasteiger partial charge < -0.3 is 11.1 Å². The molecule has 1 aromatic heterocycles. The molecule has 0 amide bonds. The van der Waals surface area contributed by atoms with Gasteiger partial charge in [-0.2, -0.15) is 0 Å². The highest BCUT2D eigenvalue weighted by atomic mass is 32.1. The van der Waals surface area contributed by atoms with Gasteiger partial charge in [0.15, 0.2) is 5.13 Å². The second kappa shape index (κ2) is 5.29. The number of anilines is 1. The van der Waals surface area contributed by atoms with E-state index in [0.29, 0.717) is 6.54 Å². The van der Waals surface area contributed by atoms with E-state index in [0.717, 1.165) is 22.9 Å². The molecule has 0 atom stereocenters. The zero-order chi connectivity index (χ0) is 12.3. The van der Waals surface area contributed by atoms with Crippen molar-refractivity contribution in [2.45, 2.75) is 26.9 Å². The summed E-state index contributed by atoms with van der Waals surface area (Å²) >= 11 is 1.70. The van der Waals surface area contributed by atoms with E-state index in [2.05, 4.69) is 41.5 Å². The molecule has 2 rings (SSSR count). The van der Waals surface area contributed by atoms with Gasteiger partial charge in [-0.15, -0.1) is 11.3 Å². The van der Waals surface area contributed by atoms with Gasteiger partial charge in [-0.1, -0.05) is 24.3 Å².